The average molecular weight is 384 g/mol. The van der Waals surface area contributed by atoms with Gasteiger partial charge in [-0.3, -0.25) is 4.79 Å². The van der Waals surface area contributed by atoms with Crippen molar-refractivity contribution in [3.05, 3.63) is 42.2 Å². The lowest BCUT2D eigenvalue weighted by molar-refractivity contribution is -0.136. The van der Waals surface area contributed by atoms with Gasteiger partial charge in [0, 0.05) is 37.7 Å². The molecule has 0 N–H and O–H groups in total. The number of piperidine rings is 1. The Morgan fingerprint density at radius 1 is 1.11 bits per heavy atom. The molecular weight excluding hydrogens is 355 g/mol. The molecule has 0 radical (unpaired) electrons. The Hall–Kier alpha value is -2.50. The molecule has 1 saturated heterocycles. The van der Waals surface area contributed by atoms with Gasteiger partial charge >= 0.3 is 0 Å². The minimum absolute atomic E-state index is 0.105. The van der Waals surface area contributed by atoms with Gasteiger partial charge in [-0.1, -0.05) is 26.0 Å². The Kier molecular flexibility index (Phi) is 6.95. The van der Waals surface area contributed by atoms with Gasteiger partial charge in [0.25, 0.3) is 0 Å². The lowest BCUT2D eigenvalue weighted by Crippen LogP contribution is -2.43. The molecule has 0 saturated carbocycles. The highest BCUT2D eigenvalue weighted by atomic mass is 19.1. The van der Waals surface area contributed by atoms with Crippen molar-refractivity contribution in [1.82, 2.24) is 15.1 Å². The molecule has 6 heteroatoms. The van der Waals surface area contributed by atoms with Crippen molar-refractivity contribution >= 4 is 11.7 Å². The van der Waals surface area contributed by atoms with E-state index >= 15 is 0 Å². The van der Waals surface area contributed by atoms with Gasteiger partial charge in [-0.05, 0) is 49.9 Å². The van der Waals surface area contributed by atoms with E-state index in [1.165, 1.54) is 12.1 Å². The SMILES string of the molecule is CCCN(CCC)C(=O)C1CCN(c2ccc(-c3cccc(F)c3)nn2)CC1. The van der Waals surface area contributed by atoms with Crippen LogP contribution < -0.4 is 4.90 Å². The van der Waals surface area contributed by atoms with E-state index in [1.807, 2.05) is 23.1 Å². The molecule has 28 heavy (non-hydrogen) atoms. The third-order valence-electron chi connectivity index (χ3n) is 5.24. The number of nitrogens with zero attached hydrogens (tertiary/aromatic N) is 4. The molecule has 1 amide bonds. The summed E-state index contributed by atoms with van der Waals surface area (Å²) in [7, 11) is 0. The second-order valence-corrected chi connectivity index (χ2v) is 7.37. The number of carbonyl (C=O) groups is 1. The number of hydrogen-bond donors (Lipinski definition) is 0. The molecular formula is C22H29FN4O. The fourth-order valence-corrected chi connectivity index (χ4v) is 3.78. The van der Waals surface area contributed by atoms with Gasteiger partial charge in [-0.15, -0.1) is 10.2 Å². The van der Waals surface area contributed by atoms with Gasteiger partial charge in [0.05, 0.1) is 5.69 Å². The molecule has 2 heterocycles. The van der Waals surface area contributed by atoms with Gasteiger partial charge in [0.2, 0.25) is 5.91 Å². The van der Waals surface area contributed by atoms with Crippen molar-refractivity contribution in [2.45, 2.75) is 39.5 Å². The lowest BCUT2D eigenvalue weighted by Gasteiger charge is -2.34. The molecule has 2 aromatic rings. The van der Waals surface area contributed by atoms with E-state index in [1.54, 1.807) is 6.07 Å². The third kappa shape index (κ3) is 4.86. The van der Waals surface area contributed by atoms with Gasteiger partial charge in [-0.25, -0.2) is 4.39 Å². The number of carbonyl (C=O) groups excluding carboxylic acids is 1. The van der Waals surface area contributed by atoms with Gasteiger partial charge in [0.1, 0.15) is 5.82 Å². The molecule has 1 aromatic heterocycles. The highest BCUT2D eigenvalue weighted by Gasteiger charge is 2.28. The molecule has 5 nitrogen and oxygen atoms in total. The highest BCUT2D eigenvalue weighted by Crippen LogP contribution is 2.25. The first-order valence-corrected chi connectivity index (χ1v) is 10.3. The number of rotatable bonds is 7. The Balaban J connectivity index is 1.59. The van der Waals surface area contributed by atoms with Gasteiger partial charge in [0.15, 0.2) is 5.82 Å². The van der Waals surface area contributed by atoms with Crippen LogP contribution in [0.5, 0.6) is 0 Å². The Morgan fingerprint density at radius 3 is 2.39 bits per heavy atom. The molecule has 0 bridgehead atoms. The molecule has 3 rings (SSSR count). The monoisotopic (exact) mass is 384 g/mol. The van der Waals surface area contributed by atoms with Crippen molar-refractivity contribution in [3.8, 4) is 11.3 Å². The van der Waals surface area contributed by atoms with Crippen LogP contribution in [0.15, 0.2) is 36.4 Å². The van der Waals surface area contributed by atoms with E-state index in [4.69, 9.17) is 0 Å². The van der Waals surface area contributed by atoms with Crippen molar-refractivity contribution < 1.29 is 9.18 Å². The van der Waals surface area contributed by atoms with Gasteiger partial charge in [-0.2, -0.15) is 0 Å². The molecule has 0 spiro atoms. The minimum atomic E-state index is -0.282. The fourth-order valence-electron chi connectivity index (χ4n) is 3.78. The summed E-state index contributed by atoms with van der Waals surface area (Å²) < 4.78 is 13.4. The fraction of sp³-hybridized carbons (Fsp3) is 0.500. The van der Waals surface area contributed by atoms with Crippen LogP contribution >= 0.6 is 0 Å². The number of aromatic nitrogens is 2. The van der Waals surface area contributed by atoms with Crippen LogP contribution in [0.25, 0.3) is 11.3 Å². The third-order valence-corrected chi connectivity index (χ3v) is 5.24. The standard InChI is InChI=1S/C22H29FN4O/c1-3-12-27(13-4-2)22(28)17-10-14-26(15-11-17)21-9-8-20(24-25-21)18-6-5-7-19(23)16-18/h5-9,16-17H,3-4,10-15H2,1-2H3. The van der Waals surface area contributed by atoms with Crippen LogP contribution in [-0.4, -0.2) is 47.2 Å². The summed E-state index contributed by atoms with van der Waals surface area (Å²) in [5.41, 5.74) is 1.37. The summed E-state index contributed by atoms with van der Waals surface area (Å²) in [6.07, 6.45) is 3.68. The van der Waals surface area contributed by atoms with Crippen LogP contribution in [0.1, 0.15) is 39.5 Å². The quantitative estimate of drug-likeness (QED) is 0.720. The largest absolute Gasteiger partial charge is 0.355 e. The van der Waals surface area contributed by atoms with Crippen LogP contribution in [0.2, 0.25) is 0 Å². The molecule has 0 unspecified atom stereocenters. The van der Waals surface area contributed by atoms with Crippen molar-refractivity contribution in [3.63, 3.8) is 0 Å². The molecule has 1 aliphatic rings. The van der Waals surface area contributed by atoms with Crippen molar-refractivity contribution in [2.24, 2.45) is 5.92 Å². The summed E-state index contributed by atoms with van der Waals surface area (Å²) in [5.74, 6) is 0.935. The molecule has 1 fully saturated rings. The summed E-state index contributed by atoms with van der Waals surface area (Å²) in [6, 6.07) is 10.2. The number of halogens is 1. The second kappa shape index (κ2) is 9.62. The van der Waals surface area contributed by atoms with Crippen molar-refractivity contribution in [1.29, 1.82) is 0 Å². The van der Waals surface area contributed by atoms with Crippen LogP contribution in [-0.2, 0) is 4.79 Å². The zero-order valence-corrected chi connectivity index (χ0v) is 16.8. The Morgan fingerprint density at radius 2 is 1.82 bits per heavy atom. The predicted octanol–water partition coefficient (Wildman–Crippen LogP) is 4.15. The number of hydrogen-bond acceptors (Lipinski definition) is 4. The second-order valence-electron chi connectivity index (χ2n) is 7.37. The lowest BCUT2D eigenvalue weighted by atomic mass is 9.95. The van der Waals surface area contributed by atoms with Crippen LogP contribution in [0.4, 0.5) is 10.2 Å². The van der Waals surface area contributed by atoms with Gasteiger partial charge < -0.3 is 9.80 Å². The molecule has 1 aromatic carbocycles. The molecule has 1 aliphatic heterocycles. The number of anilines is 1. The van der Waals surface area contributed by atoms with E-state index in [0.29, 0.717) is 11.6 Å². The first-order valence-electron chi connectivity index (χ1n) is 10.3. The van der Waals surface area contributed by atoms with Crippen molar-refractivity contribution in [2.75, 3.05) is 31.1 Å². The van der Waals surface area contributed by atoms with E-state index < -0.39 is 0 Å². The predicted molar refractivity (Wildman–Crippen MR) is 110 cm³/mol. The zero-order valence-electron chi connectivity index (χ0n) is 16.8. The van der Waals surface area contributed by atoms with E-state index in [9.17, 15) is 9.18 Å². The zero-order chi connectivity index (χ0) is 19.9. The highest BCUT2D eigenvalue weighted by molar-refractivity contribution is 5.79. The van der Waals surface area contributed by atoms with Crippen LogP contribution in [0.3, 0.4) is 0 Å². The van der Waals surface area contributed by atoms with Crippen LogP contribution in [0, 0.1) is 11.7 Å². The topological polar surface area (TPSA) is 49.3 Å². The Labute approximate surface area is 166 Å². The van der Waals surface area contributed by atoms with E-state index in [2.05, 4.69) is 28.9 Å². The normalized spacial score (nSPS) is 14.9. The maximum absolute atomic E-state index is 13.4. The maximum atomic E-state index is 13.4. The average Bonchev–Trinajstić information content (AvgIpc) is 2.73. The smallest absolute Gasteiger partial charge is 0.225 e. The molecule has 0 atom stereocenters. The van der Waals surface area contributed by atoms with E-state index in [0.717, 1.165) is 63.2 Å². The Bertz CT molecular complexity index is 766. The first kappa shape index (κ1) is 20.2. The van der Waals surface area contributed by atoms with E-state index in [-0.39, 0.29) is 11.7 Å². The first-order chi connectivity index (χ1) is 13.6. The minimum Gasteiger partial charge on any atom is -0.355 e. The summed E-state index contributed by atoms with van der Waals surface area (Å²) in [4.78, 5) is 17.0. The summed E-state index contributed by atoms with van der Waals surface area (Å²) in [5, 5.41) is 8.59. The summed E-state index contributed by atoms with van der Waals surface area (Å²) in [6.45, 7) is 7.53. The number of amides is 1. The number of benzene rings is 1. The molecule has 150 valence electrons. The molecule has 0 aliphatic carbocycles. The summed E-state index contributed by atoms with van der Waals surface area (Å²) >= 11 is 0. The maximum Gasteiger partial charge on any atom is 0.225 e.